The van der Waals surface area contributed by atoms with E-state index in [0.29, 0.717) is 44.5 Å². The predicted molar refractivity (Wildman–Crippen MR) is 248 cm³/mol. The number of carbonyl (C=O) groups is 2. The fourth-order valence-corrected chi connectivity index (χ4v) is 17.1. The number of aliphatic hydroxyl groups is 10. The first-order chi connectivity index (χ1) is 34.3. The van der Waals surface area contributed by atoms with Gasteiger partial charge in [-0.1, -0.05) is 41.5 Å². The normalized spacial score (nSPS) is 57.7. The molecule has 0 radical (unpaired) electrons. The molecule has 5 aliphatic carbocycles. The van der Waals surface area contributed by atoms with Crippen molar-refractivity contribution in [1.29, 1.82) is 0 Å². The molecule has 416 valence electrons. The van der Waals surface area contributed by atoms with Gasteiger partial charge in [0.2, 0.25) is 0 Å². The number of fused-ring (bicyclic) bond motifs is 4. The molecule has 0 amide bonds. The summed E-state index contributed by atoms with van der Waals surface area (Å²) in [5.41, 5.74) is -2.70. The first kappa shape index (κ1) is 54.9. The Balaban J connectivity index is 0.841. The number of rotatable bonds is 10. The Morgan fingerprint density at radius 3 is 2.00 bits per heavy atom. The lowest BCUT2D eigenvalue weighted by atomic mass is 9.30. The molecule has 0 aromatic heterocycles. The standard InChI is InChI=1S/C52H82O21/c1-23-32(57)36(61)39(64)44(68-23)72-40-35(60)25(18-53)69-45(41(40)73-43-37(62)33(58)24(55)19-65-43)70-26-20-66-42(38(63)34(26)59)71-31-10-11-48(5)27(46(31,2)3)8-12-49(6)28(48)9-13-52-29-16-47(4,21-54)14-15-51(29,22-67-52)30(56)17-50(49,52)7/h21,23-29,31-45,53,55,57-64H,8-20,22H2,1-7H3/t23?,24-,25?,26+,27+,28-,29-,31+,32+,33-,34-,35-,36+,37+,38+,39+,40-,41+,42?,43?,44?,45?,47+,48+,49-,50+,51-,52+/m1/s1. The van der Waals surface area contributed by atoms with E-state index in [9.17, 15) is 60.7 Å². The van der Waals surface area contributed by atoms with Gasteiger partial charge >= 0.3 is 0 Å². The minimum Gasteiger partial charge on any atom is -0.394 e. The van der Waals surface area contributed by atoms with E-state index in [4.69, 9.17) is 42.6 Å². The Labute approximate surface area is 426 Å². The van der Waals surface area contributed by atoms with Crippen LogP contribution in [0.4, 0.5) is 0 Å². The topological polar surface area (TPSA) is 320 Å². The second-order valence-corrected chi connectivity index (χ2v) is 25.6. The number of hydrogen-bond donors (Lipinski definition) is 10. The molecule has 10 fully saturated rings. The molecule has 5 aliphatic heterocycles. The number of ether oxygens (including phenoxy) is 9. The van der Waals surface area contributed by atoms with Gasteiger partial charge in [0.25, 0.3) is 0 Å². The Hall–Kier alpha value is -1.42. The lowest BCUT2D eigenvalue weighted by Gasteiger charge is -2.74. The van der Waals surface area contributed by atoms with Gasteiger partial charge in [-0.2, -0.15) is 0 Å². The quantitative estimate of drug-likeness (QED) is 0.0960. The van der Waals surface area contributed by atoms with Gasteiger partial charge in [-0.05, 0) is 92.8 Å². The Morgan fingerprint density at radius 1 is 0.630 bits per heavy atom. The smallest absolute Gasteiger partial charge is 0.187 e. The van der Waals surface area contributed by atoms with Crippen molar-refractivity contribution in [2.24, 2.45) is 50.2 Å². The van der Waals surface area contributed by atoms with Crippen LogP contribution in [-0.2, 0) is 52.2 Å². The average molecular weight is 1040 g/mol. The van der Waals surface area contributed by atoms with E-state index in [2.05, 4.69) is 34.6 Å². The van der Waals surface area contributed by atoms with Crippen LogP contribution in [-0.4, -0.2) is 212 Å². The number of aldehydes is 1. The molecule has 0 aromatic carbocycles. The number of Topliss-reactive ketones (excluding diaryl/α,β-unsaturated/α-hetero) is 1. The molecule has 10 N–H and O–H groups in total. The molecule has 5 heterocycles. The molecule has 2 bridgehead atoms. The molecule has 21 heteroatoms. The summed E-state index contributed by atoms with van der Waals surface area (Å²) in [5, 5.41) is 109. The van der Waals surface area contributed by atoms with Crippen molar-refractivity contribution in [1.82, 2.24) is 0 Å². The van der Waals surface area contributed by atoms with Crippen LogP contribution in [0, 0.1) is 50.2 Å². The maximum Gasteiger partial charge on any atom is 0.187 e. The minimum atomic E-state index is -1.86. The van der Waals surface area contributed by atoms with Gasteiger partial charge in [0.05, 0.1) is 49.7 Å². The third kappa shape index (κ3) is 8.17. The van der Waals surface area contributed by atoms with Crippen LogP contribution in [0.1, 0.15) is 113 Å². The Morgan fingerprint density at radius 2 is 1.29 bits per heavy atom. The fourth-order valence-electron chi connectivity index (χ4n) is 17.1. The molecular weight excluding hydrogens is 961 g/mol. The lowest BCUT2D eigenvalue weighted by molar-refractivity contribution is -0.397. The van der Waals surface area contributed by atoms with Crippen molar-refractivity contribution in [3.63, 3.8) is 0 Å². The second-order valence-electron chi connectivity index (χ2n) is 25.6. The third-order valence-electron chi connectivity index (χ3n) is 21.7. The molecule has 0 aromatic rings. The van der Waals surface area contributed by atoms with Gasteiger partial charge in [-0.3, -0.25) is 4.79 Å². The lowest BCUT2D eigenvalue weighted by Crippen LogP contribution is -2.73. The predicted octanol–water partition coefficient (Wildman–Crippen LogP) is -0.658. The van der Waals surface area contributed by atoms with Crippen molar-refractivity contribution in [2.75, 3.05) is 26.4 Å². The van der Waals surface area contributed by atoms with E-state index < -0.39 is 157 Å². The van der Waals surface area contributed by atoms with Gasteiger partial charge in [0, 0.05) is 23.2 Å². The summed E-state index contributed by atoms with van der Waals surface area (Å²) in [7, 11) is 0. The Bertz CT molecular complexity index is 2050. The van der Waals surface area contributed by atoms with E-state index in [1.165, 1.54) is 6.92 Å². The number of aliphatic hydroxyl groups excluding tert-OH is 10. The van der Waals surface area contributed by atoms with Crippen molar-refractivity contribution >= 4 is 12.1 Å². The third-order valence-corrected chi connectivity index (χ3v) is 21.7. The van der Waals surface area contributed by atoms with Gasteiger partial charge in [0.15, 0.2) is 25.2 Å². The van der Waals surface area contributed by atoms with E-state index in [0.717, 1.165) is 38.4 Å². The summed E-state index contributed by atoms with van der Waals surface area (Å²) in [5.74, 6) is 0.770. The van der Waals surface area contributed by atoms with Gasteiger partial charge < -0.3 is 98.5 Å². The molecule has 6 unspecified atom stereocenters. The number of ketones is 1. The second kappa shape index (κ2) is 19.1. The van der Waals surface area contributed by atoms with Crippen LogP contribution >= 0.6 is 0 Å². The van der Waals surface area contributed by atoms with Crippen LogP contribution in [0.15, 0.2) is 0 Å². The number of carbonyl (C=O) groups excluding carboxylic acids is 2. The highest BCUT2D eigenvalue weighted by atomic mass is 16.8. The summed E-state index contributed by atoms with van der Waals surface area (Å²) in [6.45, 7) is 13.8. The highest BCUT2D eigenvalue weighted by Gasteiger charge is 2.80. The molecule has 10 rings (SSSR count). The van der Waals surface area contributed by atoms with Crippen molar-refractivity contribution < 1.29 is 103 Å². The largest absolute Gasteiger partial charge is 0.394 e. The van der Waals surface area contributed by atoms with Crippen LogP contribution in [0.2, 0.25) is 0 Å². The molecular formula is C52H82O21. The summed E-state index contributed by atoms with van der Waals surface area (Å²) in [4.78, 5) is 27.1. The minimum absolute atomic E-state index is 0.00591. The maximum absolute atomic E-state index is 14.6. The maximum atomic E-state index is 14.6. The van der Waals surface area contributed by atoms with Crippen molar-refractivity contribution in [3.05, 3.63) is 0 Å². The van der Waals surface area contributed by atoms with Gasteiger partial charge in [0.1, 0.15) is 91.4 Å². The zero-order chi connectivity index (χ0) is 52.7. The number of hydrogen-bond acceptors (Lipinski definition) is 21. The van der Waals surface area contributed by atoms with E-state index in [-0.39, 0.29) is 35.2 Å². The first-order valence-corrected chi connectivity index (χ1v) is 26.8. The summed E-state index contributed by atoms with van der Waals surface area (Å²) in [6.07, 6.45) is -20.8. The van der Waals surface area contributed by atoms with Gasteiger partial charge in [-0.25, -0.2) is 0 Å². The van der Waals surface area contributed by atoms with Crippen LogP contribution in [0.3, 0.4) is 0 Å². The summed E-state index contributed by atoms with van der Waals surface area (Å²) in [6, 6.07) is 0. The average Bonchev–Trinajstić information content (AvgIpc) is 3.64. The van der Waals surface area contributed by atoms with E-state index >= 15 is 0 Å². The Kier molecular flexibility index (Phi) is 14.4. The monoisotopic (exact) mass is 1040 g/mol. The fraction of sp³-hybridized carbons (Fsp3) is 0.962. The van der Waals surface area contributed by atoms with Crippen LogP contribution in [0.5, 0.6) is 0 Å². The zero-order valence-electron chi connectivity index (χ0n) is 43.1. The van der Waals surface area contributed by atoms with Gasteiger partial charge in [-0.15, -0.1) is 0 Å². The van der Waals surface area contributed by atoms with Crippen molar-refractivity contribution in [2.45, 2.75) is 235 Å². The van der Waals surface area contributed by atoms with Crippen LogP contribution < -0.4 is 0 Å². The van der Waals surface area contributed by atoms with Crippen LogP contribution in [0.25, 0.3) is 0 Å². The molecule has 28 atom stereocenters. The summed E-state index contributed by atoms with van der Waals surface area (Å²) < 4.78 is 55.4. The molecule has 5 saturated carbocycles. The van der Waals surface area contributed by atoms with E-state index in [1.54, 1.807) is 0 Å². The molecule has 73 heavy (non-hydrogen) atoms. The highest BCUT2D eigenvalue weighted by Crippen LogP contribution is 2.80. The molecule has 1 spiro atoms. The summed E-state index contributed by atoms with van der Waals surface area (Å²) >= 11 is 0. The zero-order valence-corrected chi connectivity index (χ0v) is 43.1. The molecule has 5 saturated heterocycles. The highest BCUT2D eigenvalue weighted by molar-refractivity contribution is 5.89. The van der Waals surface area contributed by atoms with Crippen molar-refractivity contribution in [3.8, 4) is 0 Å². The SMILES string of the molecule is CC1OC(O[C@@H]2[C@H](O)C(CO)OC(O[C@H]3COC(O[C@H]4CC[C@]5(C)[C@H]6CC[C@]78OC[C@@]9(CC[C@](C)(C=O)C[C@H]97)C(=O)C[C@@]8(C)[C@]6(C)CC[C@H]5C4(C)C)[C@@H](O)[C@@H]3O)[C@H]2OC2OC[C@@H](O)[C@@H](O)[C@@H]2O)[C@@H](O)[C@@H](O)[C@H]1O. The van der Waals surface area contributed by atoms with E-state index in [1.807, 2.05) is 6.92 Å². The molecule has 21 nitrogen and oxygen atoms in total. The molecule has 10 aliphatic rings. The first-order valence-electron chi connectivity index (χ1n) is 26.8.